The van der Waals surface area contributed by atoms with Gasteiger partial charge in [0.05, 0.1) is 12.3 Å². The molecule has 2 aliphatic carbocycles. The molecule has 5 aromatic rings. The van der Waals surface area contributed by atoms with Crippen molar-refractivity contribution in [3.8, 4) is 11.5 Å². The minimum atomic E-state index is -0.314. The lowest BCUT2D eigenvalue weighted by molar-refractivity contribution is 0.0949. The monoisotopic (exact) mass is 487 g/mol. The average molecular weight is 488 g/mol. The highest BCUT2D eigenvalue weighted by molar-refractivity contribution is 6.02. The van der Waals surface area contributed by atoms with E-state index in [-0.39, 0.29) is 17.6 Å². The Morgan fingerprint density at radius 3 is 2.78 bits per heavy atom. The molecule has 5 aromatic heterocycles. The predicted octanol–water partition coefficient (Wildman–Crippen LogP) is 2.45. The summed E-state index contributed by atoms with van der Waals surface area (Å²) in [6.07, 6.45) is 7.40. The van der Waals surface area contributed by atoms with E-state index >= 15 is 0 Å². The van der Waals surface area contributed by atoms with Gasteiger partial charge in [-0.15, -0.1) is 0 Å². The lowest BCUT2D eigenvalue weighted by atomic mass is 10.1. The molecule has 2 fully saturated rings. The molecule has 36 heavy (non-hydrogen) atoms. The lowest BCUT2D eigenvalue weighted by Gasteiger charge is -2.21. The summed E-state index contributed by atoms with van der Waals surface area (Å²) in [6, 6.07) is 3.50. The number of nitrogens with zero attached hydrogens (tertiary/aromatic N) is 8. The van der Waals surface area contributed by atoms with E-state index in [4.69, 9.17) is 9.40 Å². The van der Waals surface area contributed by atoms with Crippen molar-refractivity contribution >= 4 is 22.8 Å². The fourth-order valence-corrected chi connectivity index (χ4v) is 4.93. The highest BCUT2D eigenvalue weighted by Crippen LogP contribution is 2.33. The van der Waals surface area contributed by atoms with Crippen molar-refractivity contribution in [2.75, 3.05) is 5.01 Å². The van der Waals surface area contributed by atoms with Crippen LogP contribution in [-0.2, 0) is 13.0 Å². The number of aromatic nitrogens is 8. The second-order valence-electron chi connectivity index (χ2n) is 9.63. The van der Waals surface area contributed by atoms with E-state index in [0.29, 0.717) is 53.0 Å². The molecule has 12 nitrogen and oxygen atoms in total. The molecule has 7 rings (SSSR count). The van der Waals surface area contributed by atoms with Gasteiger partial charge in [0, 0.05) is 17.8 Å². The molecule has 0 bridgehead atoms. The molecular weight excluding hydrogens is 462 g/mol. The molecule has 0 aromatic carbocycles. The normalized spacial score (nSPS) is 15.8. The van der Waals surface area contributed by atoms with Crippen molar-refractivity contribution in [3.05, 3.63) is 52.2 Å². The Hall–Kier alpha value is -4.22. The number of rotatable bonds is 7. The van der Waals surface area contributed by atoms with Gasteiger partial charge < -0.3 is 4.42 Å². The number of hydrogen-bond donors (Lipinski definition) is 1. The van der Waals surface area contributed by atoms with Crippen molar-refractivity contribution in [2.45, 2.75) is 58.5 Å². The number of amides is 1. The zero-order valence-electron chi connectivity index (χ0n) is 20.0. The summed E-state index contributed by atoms with van der Waals surface area (Å²) in [7, 11) is 0. The van der Waals surface area contributed by atoms with Crippen LogP contribution in [0.3, 0.4) is 0 Å². The maximum atomic E-state index is 14.0. The third-order valence-electron chi connectivity index (χ3n) is 7.07. The van der Waals surface area contributed by atoms with Gasteiger partial charge in [-0.25, -0.2) is 29.0 Å². The number of aromatic amines is 1. The zero-order chi connectivity index (χ0) is 24.6. The molecule has 1 amide bonds. The number of furan rings is 1. The summed E-state index contributed by atoms with van der Waals surface area (Å²) in [5.41, 5.74) is 3.28. The number of aryl methyl sites for hydroxylation is 1. The van der Waals surface area contributed by atoms with Gasteiger partial charge in [0.2, 0.25) is 0 Å². The topological polar surface area (TPSA) is 132 Å². The molecule has 1 N–H and O–H groups in total. The zero-order valence-corrected chi connectivity index (χ0v) is 20.0. The Balaban J connectivity index is 1.50. The summed E-state index contributed by atoms with van der Waals surface area (Å²) in [5, 5.41) is 8.78. The summed E-state index contributed by atoms with van der Waals surface area (Å²) >= 11 is 0. The van der Waals surface area contributed by atoms with Gasteiger partial charge in [-0.05, 0) is 57.1 Å². The molecule has 5 heterocycles. The first-order valence-corrected chi connectivity index (χ1v) is 12.3. The minimum absolute atomic E-state index is 0.104. The Labute approximate surface area is 204 Å². The van der Waals surface area contributed by atoms with E-state index in [1.165, 1.54) is 11.0 Å². The maximum absolute atomic E-state index is 14.0. The second-order valence-corrected chi connectivity index (χ2v) is 9.63. The van der Waals surface area contributed by atoms with Gasteiger partial charge in [0.15, 0.2) is 17.1 Å². The Morgan fingerprint density at radius 2 is 2.08 bits per heavy atom. The standard InChI is InChI=1S/C24H25N9O3/c1-3-16-13(2)28-29-18(16)22(34)31(15-8-9-15)33-23-27-21-20(19(25-12-26-21)17-5-4-10-36-17)32(23)30(24(33)35)11-14-6-7-14/h4-5,10,12,14-15H,3,6-9,11H2,1-2H3,(H,28,29). The van der Waals surface area contributed by atoms with Crippen LogP contribution in [0.25, 0.3) is 28.4 Å². The molecule has 0 spiro atoms. The fourth-order valence-electron chi connectivity index (χ4n) is 4.93. The number of imidazole rings is 1. The van der Waals surface area contributed by atoms with Crippen molar-refractivity contribution in [1.29, 1.82) is 0 Å². The highest BCUT2D eigenvalue weighted by atomic mass is 16.3. The van der Waals surface area contributed by atoms with Gasteiger partial charge in [0.25, 0.3) is 11.7 Å². The van der Waals surface area contributed by atoms with Crippen LogP contribution in [0.5, 0.6) is 0 Å². The van der Waals surface area contributed by atoms with Crippen LogP contribution in [0.4, 0.5) is 0 Å². The van der Waals surface area contributed by atoms with Crippen LogP contribution in [0.1, 0.15) is 54.4 Å². The quantitative estimate of drug-likeness (QED) is 0.373. The first kappa shape index (κ1) is 21.1. The number of carbonyl (C=O) groups is 1. The fraction of sp³-hybridized carbons (Fsp3) is 0.417. The van der Waals surface area contributed by atoms with Crippen LogP contribution in [-0.4, -0.2) is 51.0 Å². The molecule has 0 saturated heterocycles. The molecule has 0 unspecified atom stereocenters. The first-order valence-electron chi connectivity index (χ1n) is 12.3. The molecule has 2 saturated carbocycles. The lowest BCUT2D eigenvalue weighted by Crippen LogP contribution is -2.48. The third kappa shape index (κ3) is 3.06. The molecule has 184 valence electrons. The molecule has 0 atom stereocenters. The van der Waals surface area contributed by atoms with Crippen LogP contribution >= 0.6 is 0 Å². The molecule has 0 radical (unpaired) electrons. The number of carbonyl (C=O) groups excluding carboxylic acids is 1. The third-order valence-corrected chi connectivity index (χ3v) is 7.07. The number of nitrogens with one attached hydrogen (secondary N) is 1. The van der Waals surface area contributed by atoms with Crippen LogP contribution < -0.4 is 10.7 Å². The molecule has 2 aliphatic rings. The van der Waals surface area contributed by atoms with E-state index in [2.05, 4.69) is 20.2 Å². The Morgan fingerprint density at radius 1 is 1.25 bits per heavy atom. The maximum Gasteiger partial charge on any atom is 0.365 e. The van der Waals surface area contributed by atoms with Gasteiger partial charge in [0.1, 0.15) is 17.5 Å². The summed E-state index contributed by atoms with van der Waals surface area (Å²) in [6.45, 7) is 4.41. The Kier molecular flexibility index (Phi) is 4.48. The number of H-pyrrole nitrogens is 1. The van der Waals surface area contributed by atoms with E-state index in [0.717, 1.165) is 36.9 Å². The molecule has 12 heteroatoms. The van der Waals surface area contributed by atoms with Crippen LogP contribution in [0.2, 0.25) is 0 Å². The number of hydrogen-bond acceptors (Lipinski definition) is 7. The van der Waals surface area contributed by atoms with Crippen molar-refractivity contribution < 1.29 is 9.21 Å². The number of fused-ring (bicyclic) bond motifs is 3. The van der Waals surface area contributed by atoms with E-state index in [1.54, 1.807) is 26.5 Å². The van der Waals surface area contributed by atoms with E-state index in [1.807, 2.05) is 19.9 Å². The molecule has 0 aliphatic heterocycles. The summed E-state index contributed by atoms with van der Waals surface area (Å²) < 4.78 is 10.5. The predicted molar refractivity (Wildman–Crippen MR) is 129 cm³/mol. The SMILES string of the molecule is CCc1c(C(=O)N(C2CC2)n2c(=O)n(CC3CC3)n3c4c(-c5ccco5)ncnc4nc23)n[nH]c1C. The van der Waals surface area contributed by atoms with E-state index in [9.17, 15) is 9.59 Å². The van der Waals surface area contributed by atoms with Crippen molar-refractivity contribution in [1.82, 2.24) is 39.0 Å². The van der Waals surface area contributed by atoms with Gasteiger partial charge in [-0.1, -0.05) is 6.92 Å². The minimum Gasteiger partial charge on any atom is -0.463 e. The van der Waals surface area contributed by atoms with Gasteiger partial charge >= 0.3 is 5.69 Å². The van der Waals surface area contributed by atoms with Crippen molar-refractivity contribution in [2.24, 2.45) is 5.92 Å². The van der Waals surface area contributed by atoms with Crippen LogP contribution in [0.15, 0.2) is 33.9 Å². The Bertz CT molecular complexity index is 1680. The smallest absolute Gasteiger partial charge is 0.365 e. The van der Waals surface area contributed by atoms with Crippen molar-refractivity contribution in [3.63, 3.8) is 0 Å². The first-order chi connectivity index (χ1) is 17.6. The average Bonchev–Trinajstić information content (AvgIpc) is 3.72. The highest BCUT2D eigenvalue weighted by Gasteiger charge is 2.40. The summed E-state index contributed by atoms with van der Waals surface area (Å²) in [5.74, 6) is 0.976. The van der Waals surface area contributed by atoms with E-state index < -0.39 is 0 Å². The van der Waals surface area contributed by atoms with Gasteiger partial charge in [-0.2, -0.15) is 14.8 Å². The van der Waals surface area contributed by atoms with Crippen LogP contribution in [0, 0.1) is 12.8 Å². The summed E-state index contributed by atoms with van der Waals surface area (Å²) in [4.78, 5) is 41.5. The van der Waals surface area contributed by atoms with Gasteiger partial charge in [-0.3, -0.25) is 9.89 Å². The second kappa shape index (κ2) is 7.64. The molecular formula is C24H25N9O3. The largest absolute Gasteiger partial charge is 0.463 e.